The molecule has 0 atom stereocenters. The standard InChI is InChI=1S/C19H27N3O5.ClH/c1-12(2)16(18(24)26-4)15(17(23)25-3)11-13-5-7-14(8-6-13)27-10-9-22-19(20)21;/h5-8,12H,9-11H2,1-4H3,(H4,20,21,22);1H/b16-15-;. The van der Waals surface area contributed by atoms with Gasteiger partial charge >= 0.3 is 11.9 Å². The molecule has 1 aromatic rings. The number of guanidine groups is 1. The van der Waals surface area contributed by atoms with Crippen LogP contribution in [0, 0.1) is 11.3 Å². The van der Waals surface area contributed by atoms with Crippen LogP contribution in [0.2, 0.25) is 0 Å². The van der Waals surface area contributed by atoms with E-state index in [1.54, 1.807) is 12.1 Å². The lowest BCUT2D eigenvalue weighted by Gasteiger charge is -2.15. The summed E-state index contributed by atoms with van der Waals surface area (Å²) >= 11 is 0. The molecule has 9 heteroatoms. The lowest BCUT2D eigenvalue weighted by molar-refractivity contribution is -0.139. The summed E-state index contributed by atoms with van der Waals surface area (Å²) < 4.78 is 15.2. The van der Waals surface area contributed by atoms with Gasteiger partial charge in [0.05, 0.1) is 31.9 Å². The van der Waals surface area contributed by atoms with Crippen molar-refractivity contribution in [3.05, 3.63) is 41.0 Å². The van der Waals surface area contributed by atoms with Gasteiger partial charge in [-0.25, -0.2) is 9.59 Å². The molecule has 0 heterocycles. The van der Waals surface area contributed by atoms with Crippen LogP contribution in [0.25, 0.3) is 0 Å². The van der Waals surface area contributed by atoms with Gasteiger partial charge in [0.15, 0.2) is 5.96 Å². The second-order valence-electron chi connectivity index (χ2n) is 6.04. The molecule has 28 heavy (non-hydrogen) atoms. The smallest absolute Gasteiger partial charge is 0.334 e. The fourth-order valence-corrected chi connectivity index (χ4v) is 2.48. The van der Waals surface area contributed by atoms with Gasteiger partial charge in [-0.05, 0) is 23.6 Å². The number of nitrogens with one attached hydrogen (secondary N) is 2. The Balaban J connectivity index is 0.00000729. The van der Waals surface area contributed by atoms with Crippen molar-refractivity contribution in [1.29, 1.82) is 5.41 Å². The summed E-state index contributed by atoms with van der Waals surface area (Å²) in [5.41, 5.74) is 6.60. The predicted molar refractivity (Wildman–Crippen MR) is 109 cm³/mol. The van der Waals surface area contributed by atoms with Crippen LogP contribution in [0.1, 0.15) is 19.4 Å². The maximum atomic E-state index is 12.2. The Bertz CT molecular complexity index is 702. The van der Waals surface area contributed by atoms with Gasteiger partial charge in [-0.1, -0.05) is 26.0 Å². The van der Waals surface area contributed by atoms with Gasteiger partial charge in [0.1, 0.15) is 12.4 Å². The molecule has 0 amide bonds. The molecule has 0 unspecified atom stereocenters. The highest BCUT2D eigenvalue weighted by molar-refractivity contribution is 6.00. The Labute approximate surface area is 171 Å². The second-order valence-corrected chi connectivity index (χ2v) is 6.04. The van der Waals surface area contributed by atoms with E-state index in [-0.39, 0.29) is 36.3 Å². The topological polar surface area (TPSA) is 124 Å². The first-order valence-electron chi connectivity index (χ1n) is 8.49. The first-order valence-corrected chi connectivity index (χ1v) is 8.49. The number of benzene rings is 1. The molecule has 1 aromatic carbocycles. The monoisotopic (exact) mass is 413 g/mol. The van der Waals surface area contributed by atoms with Gasteiger partial charge in [-0.15, -0.1) is 12.4 Å². The van der Waals surface area contributed by atoms with Crippen molar-refractivity contribution >= 4 is 30.3 Å². The summed E-state index contributed by atoms with van der Waals surface area (Å²) in [7, 11) is 2.57. The maximum Gasteiger partial charge on any atom is 0.334 e. The van der Waals surface area contributed by atoms with Crippen molar-refractivity contribution in [3.8, 4) is 5.75 Å². The van der Waals surface area contributed by atoms with E-state index in [9.17, 15) is 9.59 Å². The van der Waals surface area contributed by atoms with Crippen LogP contribution in [-0.4, -0.2) is 45.3 Å². The minimum atomic E-state index is -0.556. The molecular weight excluding hydrogens is 386 g/mol. The Hall–Kier alpha value is -2.74. The van der Waals surface area contributed by atoms with Gasteiger partial charge in [-0.3, -0.25) is 5.41 Å². The molecule has 0 saturated heterocycles. The number of rotatable bonds is 9. The number of carbonyl (C=O) groups is 2. The molecule has 0 aliphatic heterocycles. The fourth-order valence-electron chi connectivity index (χ4n) is 2.48. The molecule has 0 fully saturated rings. The van der Waals surface area contributed by atoms with Crippen LogP contribution in [0.15, 0.2) is 35.4 Å². The van der Waals surface area contributed by atoms with Crippen molar-refractivity contribution in [1.82, 2.24) is 5.32 Å². The van der Waals surface area contributed by atoms with E-state index in [2.05, 4.69) is 5.32 Å². The van der Waals surface area contributed by atoms with Crippen LogP contribution in [0.5, 0.6) is 5.75 Å². The Kier molecular flexibility index (Phi) is 11.4. The summed E-state index contributed by atoms with van der Waals surface area (Å²) in [6, 6.07) is 7.16. The molecule has 0 saturated carbocycles. The van der Waals surface area contributed by atoms with Crippen LogP contribution in [-0.2, 0) is 25.5 Å². The summed E-state index contributed by atoms with van der Waals surface area (Å²) in [4.78, 5) is 24.3. The molecule has 0 spiro atoms. The summed E-state index contributed by atoms with van der Waals surface area (Å²) in [6.45, 7) is 4.41. The zero-order valence-electron chi connectivity index (χ0n) is 16.5. The molecule has 1 rings (SSSR count). The van der Waals surface area contributed by atoms with Crippen LogP contribution < -0.4 is 15.8 Å². The molecule has 4 N–H and O–H groups in total. The predicted octanol–water partition coefficient (Wildman–Crippen LogP) is 1.81. The number of esters is 2. The summed E-state index contributed by atoms with van der Waals surface area (Å²) in [6.07, 6.45) is 0.238. The first-order chi connectivity index (χ1) is 12.8. The van der Waals surface area contributed by atoms with Crippen molar-refractivity contribution in [2.24, 2.45) is 11.7 Å². The number of ether oxygens (including phenoxy) is 3. The molecule has 0 bridgehead atoms. The van der Waals surface area contributed by atoms with E-state index in [1.807, 2.05) is 26.0 Å². The van der Waals surface area contributed by atoms with Crippen molar-refractivity contribution in [2.45, 2.75) is 20.3 Å². The van der Waals surface area contributed by atoms with E-state index in [1.165, 1.54) is 14.2 Å². The molecule has 0 aromatic heterocycles. The zero-order chi connectivity index (χ0) is 20.4. The fraction of sp³-hybridized carbons (Fsp3) is 0.421. The Morgan fingerprint density at radius 1 is 1.11 bits per heavy atom. The van der Waals surface area contributed by atoms with Crippen molar-refractivity contribution in [2.75, 3.05) is 27.4 Å². The quantitative estimate of drug-likeness (QED) is 0.185. The second kappa shape index (κ2) is 12.6. The minimum Gasteiger partial charge on any atom is -0.492 e. The number of carbonyl (C=O) groups excluding carboxylic acids is 2. The lowest BCUT2D eigenvalue weighted by atomic mass is 9.93. The van der Waals surface area contributed by atoms with Gasteiger partial charge in [0.25, 0.3) is 0 Å². The lowest BCUT2D eigenvalue weighted by Crippen LogP contribution is -2.33. The first kappa shape index (κ1) is 25.3. The number of methoxy groups -OCH3 is 2. The van der Waals surface area contributed by atoms with E-state index in [0.29, 0.717) is 24.5 Å². The number of halogens is 1. The third kappa shape index (κ3) is 7.87. The van der Waals surface area contributed by atoms with Crippen LogP contribution in [0.3, 0.4) is 0 Å². The van der Waals surface area contributed by atoms with Gasteiger partial charge in [0, 0.05) is 6.42 Å². The minimum absolute atomic E-state index is 0. The molecular formula is C19H28ClN3O5. The number of nitrogens with two attached hydrogens (primary N) is 1. The molecule has 156 valence electrons. The van der Waals surface area contributed by atoms with E-state index in [0.717, 1.165) is 5.56 Å². The average molecular weight is 414 g/mol. The molecule has 8 nitrogen and oxygen atoms in total. The zero-order valence-corrected chi connectivity index (χ0v) is 17.4. The average Bonchev–Trinajstić information content (AvgIpc) is 2.64. The Morgan fingerprint density at radius 2 is 1.68 bits per heavy atom. The summed E-state index contributed by atoms with van der Waals surface area (Å²) in [5, 5.41) is 9.71. The highest BCUT2D eigenvalue weighted by Crippen LogP contribution is 2.23. The van der Waals surface area contributed by atoms with Crippen molar-refractivity contribution < 1.29 is 23.8 Å². The summed E-state index contributed by atoms with van der Waals surface area (Å²) in [5.74, 6) is -0.752. The van der Waals surface area contributed by atoms with Crippen LogP contribution >= 0.6 is 12.4 Å². The molecule has 0 aliphatic rings. The highest BCUT2D eigenvalue weighted by atomic mass is 35.5. The van der Waals surface area contributed by atoms with Gasteiger partial charge < -0.3 is 25.3 Å². The number of hydrogen-bond donors (Lipinski definition) is 3. The van der Waals surface area contributed by atoms with Gasteiger partial charge in [0.2, 0.25) is 0 Å². The maximum absolute atomic E-state index is 12.2. The highest BCUT2D eigenvalue weighted by Gasteiger charge is 2.25. The SMILES string of the molecule is COC(=O)/C(Cc1ccc(OCCNC(=N)N)cc1)=C(\C(=O)OC)C(C)C.Cl. The van der Waals surface area contributed by atoms with Crippen LogP contribution in [0.4, 0.5) is 0 Å². The van der Waals surface area contributed by atoms with E-state index in [4.69, 9.17) is 25.4 Å². The third-order valence-electron chi connectivity index (χ3n) is 3.73. The van der Waals surface area contributed by atoms with E-state index < -0.39 is 11.9 Å². The Morgan fingerprint density at radius 3 is 2.14 bits per heavy atom. The normalized spacial score (nSPS) is 11.0. The number of hydrogen-bond acceptors (Lipinski definition) is 6. The molecule has 0 aliphatic carbocycles. The van der Waals surface area contributed by atoms with Gasteiger partial charge in [-0.2, -0.15) is 0 Å². The largest absolute Gasteiger partial charge is 0.492 e. The van der Waals surface area contributed by atoms with Crippen molar-refractivity contribution in [3.63, 3.8) is 0 Å². The third-order valence-corrected chi connectivity index (χ3v) is 3.73. The van der Waals surface area contributed by atoms with E-state index >= 15 is 0 Å². The molecule has 0 radical (unpaired) electrons.